The summed E-state index contributed by atoms with van der Waals surface area (Å²) < 4.78 is 5.92. The molecule has 2 aliphatic heterocycles. The van der Waals surface area contributed by atoms with Crippen molar-refractivity contribution in [3.05, 3.63) is 29.8 Å². The van der Waals surface area contributed by atoms with Crippen molar-refractivity contribution in [2.75, 3.05) is 18.4 Å². The van der Waals surface area contributed by atoms with Crippen molar-refractivity contribution in [1.82, 2.24) is 4.90 Å². The number of amides is 1. The fourth-order valence-corrected chi connectivity index (χ4v) is 7.40. The number of rotatable bonds is 1. The maximum absolute atomic E-state index is 12.1. The van der Waals surface area contributed by atoms with E-state index in [2.05, 4.69) is 22.3 Å². The molecule has 7 rings (SSSR count). The highest BCUT2D eigenvalue weighted by molar-refractivity contribution is 5.88. The first-order chi connectivity index (χ1) is 12.7. The van der Waals surface area contributed by atoms with Gasteiger partial charge in [-0.2, -0.15) is 0 Å². The molecule has 4 heteroatoms. The number of anilines is 1. The van der Waals surface area contributed by atoms with Crippen LogP contribution in [0.1, 0.15) is 50.5 Å². The topological polar surface area (TPSA) is 41.6 Å². The predicted octanol–water partition coefficient (Wildman–Crippen LogP) is 4.36. The van der Waals surface area contributed by atoms with E-state index in [0.29, 0.717) is 0 Å². The Morgan fingerprint density at radius 3 is 2.31 bits per heavy atom. The van der Waals surface area contributed by atoms with Crippen LogP contribution in [0.15, 0.2) is 24.3 Å². The molecular formula is C22H28N2O2. The summed E-state index contributed by atoms with van der Waals surface area (Å²) in [6, 6.07) is 8.98. The van der Waals surface area contributed by atoms with Gasteiger partial charge in [0, 0.05) is 37.5 Å². The van der Waals surface area contributed by atoms with Crippen molar-refractivity contribution in [3.63, 3.8) is 0 Å². The molecule has 0 unspecified atom stereocenters. The quantitative estimate of drug-likeness (QED) is 0.816. The highest BCUT2D eigenvalue weighted by Crippen LogP contribution is 2.56. The molecule has 1 saturated heterocycles. The van der Waals surface area contributed by atoms with E-state index in [0.717, 1.165) is 61.3 Å². The van der Waals surface area contributed by atoms with E-state index in [1.54, 1.807) is 0 Å². The summed E-state index contributed by atoms with van der Waals surface area (Å²) in [5.74, 6) is 3.93. The van der Waals surface area contributed by atoms with Gasteiger partial charge < -0.3 is 4.74 Å². The molecule has 4 nitrogen and oxygen atoms in total. The Morgan fingerprint density at radius 2 is 1.62 bits per heavy atom. The van der Waals surface area contributed by atoms with Crippen LogP contribution in [0.25, 0.3) is 0 Å². The minimum absolute atomic E-state index is 0.285. The molecule has 138 valence electrons. The van der Waals surface area contributed by atoms with Gasteiger partial charge in [0.2, 0.25) is 0 Å². The van der Waals surface area contributed by atoms with E-state index in [-0.39, 0.29) is 6.09 Å². The minimum Gasteiger partial charge on any atom is -0.438 e. The second kappa shape index (κ2) is 5.48. The zero-order valence-electron chi connectivity index (χ0n) is 15.3. The Balaban J connectivity index is 1.24. The minimum atomic E-state index is -0.415. The van der Waals surface area contributed by atoms with Crippen LogP contribution < -0.4 is 5.32 Å². The number of nitrogens with zero attached hydrogens (tertiary/aromatic N) is 1. The first kappa shape index (κ1) is 15.5. The summed E-state index contributed by atoms with van der Waals surface area (Å²) in [7, 11) is 0. The normalized spacial score (nSPS) is 40.2. The number of carbonyl (C=O) groups is 1. The molecule has 1 N–H and O–H groups in total. The number of likely N-dealkylation sites (tertiary alicyclic amines) is 1. The molecule has 4 saturated carbocycles. The fourth-order valence-electron chi connectivity index (χ4n) is 7.40. The second-order valence-corrected chi connectivity index (χ2v) is 9.51. The van der Waals surface area contributed by atoms with Gasteiger partial charge in [0.15, 0.2) is 0 Å². The fraction of sp³-hybridized carbons (Fsp3) is 0.682. The zero-order chi connectivity index (χ0) is 17.3. The first-order valence-electron chi connectivity index (χ1n) is 10.5. The van der Waals surface area contributed by atoms with Crippen molar-refractivity contribution < 1.29 is 9.53 Å². The van der Waals surface area contributed by atoms with E-state index in [1.807, 2.05) is 12.1 Å². The highest BCUT2D eigenvalue weighted by atomic mass is 16.6. The molecule has 0 aromatic heterocycles. The zero-order valence-corrected chi connectivity index (χ0v) is 15.3. The Bertz CT molecular complexity index is 709. The van der Waals surface area contributed by atoms with Crippen LogP contribution in [0.4, 0.5) is 10.5 Å². The summed E-state index contributed by atoms with van der Waals surface area (Å²) in [5.41, 5.74) is 1.69. The number of piperidine rings is 1. The van der Waals surface area contributed by atoms with Crippen LogP contribution in [0.2, 0.25) is 0 Å². The summed E-state index contributed by atoms with van der Waals surface area (Å²) in [4.78, 5) is 14.9. The molecular weight excluding hydrogens is 324 g/mol. The van der Waals surface area contributed by atoms with Crippen molar-refractivity contribution in [2.24, 2.45) is 23.7 Å². The summed E-state index contributed by atoms with van der Waals surface area (Å²) in [5, 5.41) is 2.87. The van der Waals surface area contributed by atoms with E-state index in [9.17, 15) is 4.79 Å². The average molecular weight is 352 g/mol. The number of hydrogen-bond donors (Lipinski definition) is 1. The van der Waals surface area contributed by atoms with Gasteiger partial charge in [0.25, 0.3) is 0 Å². The SMILES string of the molecule is O=C1Nc2ccccc2C2(CCN(C3C4CC5CC(C4)CC3C5)CC2)O1. The summed E-state index contributed by atoms with van der Waals surface area (Å²) in [6.45, 7) is 2.13. The van der Waals surface area contributed by atoms with Crippen molar-refractivity contribution >= 4 is 11.8 Å². The molecule has 4 aliphatic carbocycles. The maximum atomic E-state index is 12.1. The number of ether oxygens (including phenoxy) is 1. The first-order valence-corrected chi connectivity index (χ1v) is 10.5. The van der Waals surface area contributed by atoms with Gasteiger partial charge in [-0.05, 0) is 61.8 Å². The Morgan fingerprint density at radius 1 is 0.962 bits per heavy atom. The Labute approximate surface area is 155 Å². The molecule has 2 heterocycles. The lowest BCUT2D eigenvalue weighted by Crippen LogP contribution is -2.59. The number of nitrogens with one attached hydrogen (secondary N) is 1. The van der Waals surface area contributed by atoms with Gasteiger partial charge in [-0.25, -0.2) is 4.79 Å². The molecule has 1 aromatic rings. The third-order valence-electron chi connectivity index (χ3n) is 8.15. The van der Waals surface area contributed by atoms with E-state index < -0.39 is 5.60 Å². The van der Waals surface area contributed by atoms with Crippen molar-refractivity contribution in [3.8, 4) is 0 Å². The lowest BCUT2D eigenvalue weighted by molar-refractivity contribution is -0.101. The summed E-state index contributed by atoms with van der Waals surface area (Å²) >= 11 is 0. The number of para-hydroxylation sites is 1. The number of benzene rings is 1. The molecule has 1 aromatic carbocycles. The van der Waals surface area contributed by atoms with E-state index in [4.69, 9.17) is 4.74 Å². The van der Waals surface area contributed by atoms with Gasteiger partial charge >= 0.3 is 6.09 Å². The van der Waals surface area contributed by atoms with E-state index >= 15 is 0 Å². The summed E-state index contributed by atoms with van der Waals surface area (Å²) in [6.07, 6.45) is 8.99. The van der Waals surface area contributed by atoms with Crippen molar-refractivity contribution in [1.29, 1.82) is 0 Å². The lowest BCUT2D eigenvalue weighted by Gasteiger charge is -2.58. The average Bonchev–Trinajstić information content (AvgIpc) is 2.62. The predicted molar refractivity (Wildman–Crippen MR) is 99.9 cm³/mol. The Kier molecular flexibility index (Phi) is 3.27. The van der Waals surface area contributed by atoms with Crippen LogP contribution >= 0.6 is 0 Å². The third-order valence-corrected chi connectivity index (χ3v) is 8.15. The van der Waals surface area contributed by atoms with Gasteiger partial charge in [-0.15, -0.1) is 0 Å². The van der Waals surface area contributed by atoms with Crippen LogP contribution in [-0.4, -0.2) is 30.1 Å². The molecule has 4 bridgehead atoms. The molecule has 5 fully saturated rings. The standard InChI is InChI=1S/C22H28N2O2/c25-21-23-19-4-2-1-3-18(19)22(26-21)5-7-24(8-6-22)20-16-10-14-9-15(12-16)13-17(20)11-14/h1-4,14-17,20H,5-13H2,(H,23,25). The van der Waals surface area contributed by atoms with Crippen LogP contribution in [0, 0.1) is 23.7 Å². The van der Waals surface area contributed by atoms with Gasteiger partial charge in [0.1, 0.15) is 5.60 Å². The smallest absolute Gasteiger partial charge is 0.412 e. The van der Waals surface area contributed by atoms with Crippen molar-refractivity contribution in [2.45, 2.75) is 56.6 Å². The number of hydrogen-bond acceptors (Lipinski definition) is 3. The third kappa shape index (κ3) is 2.20. The Hall–Kier alpha value is -1.55. The molecule has 0 radical (unpaired) electrons. The highest BCUT2D eigenvalue weighted by Gasteiger charge is 2.52. The molecule has 1 spiro atoms. The lowest BCUT2D eigenvalue weighted by atomic mass is 9.53. The van der Waals surface area contributed by atoms with Gasteiger partial charge in [0.05, 0.1) is 5.69 Å². The second-order valence-electron chi connectivity index (χ2n) is 9.51. The monoisotopic (exact) mass is 352 g/mol. The van der Waals surface area contributed by atoms with Gasteiger partial charge in [-0.3, -0.25) is 10.2 Å². The van der Waals surface area contributed by atoms with E-state index in [1.165, 1.54) is 37.7 Å². The number of fused-ring (bicyclic) bond motifs is 2. The maximum Gasteiger partial charge on any atom is 0.412 e. The van der Waals surface area contributed by atoms with Crippen LogP contribution in [0.5, 0.6) is 0 Å². The van der Waals surface area contributed by atoms with Crippen LogP contribution in [0.3, 0.4) is 0 Å². The molecule has 1 amide bonds. The van der Waals surface area contributed by atoms with Crippen LogP contribution in [-0.2, 0) is 10.3 Å². The number of carbonyl (C=O) groups excluding carboxylic acids is 1. The largest absolute Gasteiger partial charge is 0.438 e. The molecule has 0 atom stereocenters. The molecule has 26 heavy (non-hydrogen) atoms. The molecule has 6 aliphatic rings. The van der Waals surface area contributed by atoms with Gasteiger partial charge in [-0.1, -0.05) is 18.2 Å².